The predicted octanol–water partition coefficient (Wildman–Crippen LogP) is 6.11. The fourth-order valence-corrected chi connectivity index (χ4v) is 3.67. The van der Waals surface area contributed by atoms with E-state index in [0.29, 0.717) is 21.4 Å². The lowest BCUT2D eigenvalue weighted by Crippen LogP contribution is -2.19. The van der Waals surface area contributed by atoms with Crippen LogP contribution in [0.5, 0.6) is 0 Å². The summed E-state index contributed by atoms with van der Waals surface area (Å²) in [6.07, 6.45) is 1.44. The summed E-state index contributed by atoms with van der Waals surface area (Å²) in [5.74, 6) is -0.520. The topological polar surface area (TPSA) is 122 Å². The Morgan fingerprint density at radius 2 is 1.84 bits per heavy atom. The molecule has 2 aromatic carbocycles. The summed E-state index contributed by atoms with van der Waals surface area (Å²) < 4.78 is 5.08. The molecule has 4 rings (SSSR count). The number of carbonyl (C=O) groups excluding carboxylic acids is 1. The lowest BCUT2D eigenvalue weighted by molar-refractivity contribution is -0.402. The molecule has 160 valence electrons. The molecule has 0 unspecified atom stereocenters. The molecule has 0 spiro atoms. The summed E-state index contributed by atoms with van der Waals surface area (Å²) in [4.78, 5) is 27.1. The number of nitrogens with zero attached hydrogens (tertiary/aromatic N) is 4. The third kappa shape index (κ3) is 4.81. The maximum Gasteiger partial charge on any atom is 0.433 e. The van der Waals surface area contributed by atoms with Crippen LogP contribution in [0.15, 0.2) is 79.1 Å². The van der Waals surface area contributed by atoms with Gasteiger partial charge in [-0.2, -0.15) is 10.2 Å². The van der Waals surface area contributed by atoms with Crippen molar-refractivity contribution < 1.29 is 14.1 Å². The smallest absolute Gasteiger partial charge is 0.401 e. The molecule has 1 aromatic heterocycles. The van der Waals surface area contributed by atoms with Crippen LogP contribution in [0.25, 0.3) is 6.08 Å². The van der Waals surface area contributed by atoms with Crippen LogP contribution in [0.4, 0.5) is 22.9 Å². The molecule has 1 aliphatic heterocycles. The Bertz CT molecular complexity index is 1310. The van der Waals surface area contributed by atoms with E-state index in [9.17, 15) is 14.9 Å². The second kappa shape index (κ2) is 8.98. The minimum Gasteiger partial charge on any atom is -0.401 e. The van der Waals surface area contributed by atoms with Gasteiger partial charge in [0.25, 0.3) is 5.91 Å². The van der Waals surface area contributed by atoms with Gasteiger partial charge >= 0.3 is 5.88 Å². The van der Waals surface area contributed by atoms with E-state index in [1.807, 2.05) is 44.2 Å². The van der Waals surface area contributed by atoms with E-state index in [4.69, 9.17) is 4.42 Å². The normalized spacial score (nSPS) is 16.2. The van der Waals surface area contributed by atoms with Gasteiger partial charge in [-0.05, 0) is 67.1 Å². The molecular weight excluding hydrogens is 430 g/mol. The second-order valence-corrected chi connectivity index (χ2v) is 7.90. The van der Waals surface area contributed by atoms with Crippen LogP contribution in [0.1, 0.15) is 16.9 Å². The zero-order chi connectivity index (χ0) is 22.7. The minimum absolute atomic E-state index is 0.218. The number of nitro groups is 1. The summed E-state index contributed by atoms with van der Waals surface area (Å²) >= 11 is 1.13. The fraction of sp³-hybridized carbons (Fsp3) is 0.0909. The molecule has 3 aromatic rings. The Kier molecular flexibility index (Phi) is 5.95. The van der Waals surface area contributed by atoms with Crippen molar-refractivity contribution in [1.82, 2.24) is 5.32 Å². The molecule has 1 saturated heterocycles. The molecule has 0 saturated carbocycles. The first-order chi connectivity index (χ1) is 15.4. The predicted molar refractivity (Wildman–Crippen MR) is 123 cm³/mol. The Hall–Kier alpha value is -4.05. The van der Waals surface area contributed by atoms with E-state index >= 15 is 0 Å². The highest BCUT2D eigenvalue weighted by atomic mass is 32.2. The number of aryl methyl sites for hydroxylation is 2. The van der Waals surface area contributed by atoms with Crippen molar-refractivity contribution in [3.05, 3.63) is 86.5 Å². The third-order valence-electron chi connectivity index (χ3n) is 4.51. The molecule has 0 aliphatic carbocycles. The Morgan fingerprint density at radius 3 is 2.56 bits per heavy atom. The van der Waals surface area contributed by atoms with Crippen molar-refractivity contribution in [2.45, 2.75) is 13.8 Å². The van der Waals surface area contributed by atoms with Crippen LogP contribution in [0.2, 0.25) is 0 Å². The molecule has 32 heavy (non-hydrogen) atoms. The first-order valence-electron chi connectivity index (χ1n) is 9.51. The van der Waals surface area contributed by atoms with Crippen LogP contribution in [-0.2, 0) is 4.79 Å². The molecule has 0 bridgehead atoms. The van der Waals surface area contributed by atoms with Crippen LogP contribution in [-0.4, -0.2) is 16.0 Å². The quantitative estimate of drug-likeness (QED) is 0.219. The first-order valence-corrected chi connectivity index (χ1v) is 10.3. The molecule has 1 N–H and O–H groups in total. The molecule has 9 nitrogen and oxygen atoms in total. The van der Waals surface area contributed by atoms with Gasteiger partial charge in [-0.15, -0.1) is 0 Å². The van der Waals surface area contributed by atoms with E-state index in [0.717, 1.165) is 28.6 Å². The van der Waals surface area contributed by atoms with E-state index < -0.39 is 4.92 Å². The van der Waals surface area contributed by atoms with Gasteiger partial charge in [-0.3, -0.25) is 14.9 Å². The number of hydrogen-bond acceptors (Lipinski definition) is 8. The Labute approximate surface area is 187 Å². The largest absolute Gasteiger partial charge is 0.433 e. The summed E-state index contributed by atoms with van der Waals surface area (Å²) in [5, 5.41) is 22.4. The van der Waals surface area contributed by atoms with Gasteiger partial charge in [0.2, 0.25) is 0 Å². The van der Waals surface area contributed by atoms with Gasteiger partial charge in [0.1, 0.15) is 10.7 Å². The average Bonchev–Trinajstić information content (AvgIpc) is 3.36. The van der Waals surface area contributed by atoms with Gasteiger partial charge in [0.15, 0.2) is 5.17 Å². The van der Waals surface area contributed by atoms with Crippen molar-refractivity contribution >= 4 is 51.9 Å². The summed E-state index contributed by atoms with van der Waals surface area (Å²) in [6.45, 7) is 3.87. The highest BCUT2D eigenvalue weighted by Gasteiger charge is 2.25. The molecule has 2 heterocycles. The molecule has 0 atom stereocenters. The summed E-state index contributed by atoms with van der Waals surface area (Å²) in [7, 11) is 0. The van der Waals surface area contributed by atoms with Crippen molar-refractivity contribution in [3.63, 3.8) is 0 Å². The number of amides is 1. The SMILES string of the molecule is Cc1ccccc1N=Nc1ccc(N=C2NC(=O)/C(=C/c3ccc([N+](=O)[O-])o3)S2)c(C)c1. The maximum atomic E-state index is 12.2. The van der Waals surface area contributed by atoms with Gasteiger partial charge < -0.3 is 9.73 Å². The fourth-order valence-electron chi connectivity index (χ4n) is 2.85. The van der Waals surface area contributed by atoms with Gasteiger partial charge in [-0.25, -0.2) is 4.99 Å². The number of azo groups is 1. The lowest BCUT2D eigenvalue weighted by Gasteiger charge is -2.03. The Balaban J connectivity index is 1.50. The van der Waals surface area contributed by atoms with Crippen LogP contribution in [0, 0.1) is 24.0 Å². The van der Waals surface area contributed by atoms with E-state index in [-0.39, 0.29) is 17.6 Å². The van der Waals surface area contributed by atoms with Gasteiger partial charge in [0, 0.05) is 6.08 Å². The van der Waals surface area contributed by atoms with Gasteiger partial charge in [0.05, 0.1) is 28.0 Å². The monoisotopic (exact) mass is 447 g/mol. The molecule has 10 heteroatoms. The molecule has 0 radical (unpaired) electrons. The van der Waals surface area contributed by atoms with Crippen molar-refractivity contribution in [1.29, 1.82) is 0 Å². The molecule has 1 fully saturated rings. The zero-order valence-corrected chi connectivity index (χ0v) is 17.9. The number of aliphatic imine (C=N–C) groups is 1. The highest BCUT2D eigenvalue weighted by Crippen LogP contribution is 2.31. The van der Waals surface area contributed by atoms with Crippen LogP contribution in [0.3, 0.4) is 0 Å². The maximum absolute atomic E-state index is 12.2. The second-order valence-electron chi connectivity index (χ2n) is 6.87. The van der Waals surface area contributed by atoms with E-state index in [1.165, 1.54) is 18.2 Å². The first kappa shape index (κ1) is 21.2. The molecular formula is C22H17N5O4S. The van der Waals surface area contributed by atoms with Crippen LogP contribution >= 0.6 is 11.8 Å². The summed E-state index contributed by atoms with van der Waals surface area (Å²) in [5.41, 5.74) is 4.08. The molecule has 1 aliphatic rings. The standard InChI is InChI=1S/C22H17N5O4S/c1-13-5-3-4-6-18(13)26-25-15-7-9-17(14(2)11-15)23-22-24-21(28)19(32-22)12-16-8-10-20(31-16)27(29)30/h3-12H,1-2H3,(H,23,24,28)/b19-12-,26-25?. The number of nitrogens with one attached hydrogen (secondary N) is 1. The van der Waals surface area contributed by atoms with Crippen molar-refractivity contribution in [2.24, 2.45) is 15.2 Å². The number of furan rings is 1. The number of amidine groups is 1. The number of benzene rings is 2. The number of thioether (sulfide) groups is 1. The van der Waals surface area contributed by atoms with Crippen molar-refractivity contribution in [2.75, 3.05) is 0 Å². The number of carbonyl (C=O) groups is 1. The van der Waals surface area contributed by atoms with Gasteiger partial charge in [-0.1, -0.05) is 18.2 Å². The van der Waals surface area contributed by atoms with E-state index in [2.05, 4.69) is 20.5 Å². The third-order valence-corrected chi connectivity index (χ3v) is 5.42. The minimum atomic E-state index is -0.635. The average molecular weight is 447 g/mol. The molecule has 1 amide bonds. The number of hydrogen-bond donors (Lipinski definition) is 1. The van der Waals surface area contributed by atoms with Crippen molar-refractivity contribution in [3.8, 4) is 0 Å². The highest BCUT2D eigenvalue weighted by molar-refractivity contribution is 8.18. The van der Waals surface area contributed by atoms with Crippen LogP contribution < -0.4 is 5.32 Å². The Morgan fingerprint density at radius 1 is 1.03 bits per heavy atom. The lowest BCUT2D eigenvalue weighted by atomic mass is 10.2. The summed E-state index contributed by atoms with van der Waals surface area (Å²) in [6, 6.07) is 15.9. The zero-order valence-electron chi connectivity index (χ0n) is 17.1. The number of rotatable bonds is 5. The van der Waals surface area contributed by atoms with E-state index in [1.54, 1.807) is 12.1 Å².